The summed E-state index contributed by atoms with van der Waals surface area (Å²) in [7, 11) is 18.5. The van der Waals surface area contributed by atoms with Gasteiger partial charge in [0.1, 0.15) is 19.8 Å². The maximum absolute atomic E-state index is 12.7. The first kappa shape index (κ1) is 73.5. The van der Waals surface area contributed by atoms with Crippen molar-refractivity contribution in [3.63, 3.8) is 0 Å². The Hall–Kier alpha value is 1.48. The monoisotopic (exact) mass is 1180 g/mol. The van der Waals surface area contributed by atoms with Crippen LogP contribution in [-0.4, -0.2) is 122 Å². The van der Waals surface area contributed by atoms with Crippen molar-refractivity contribution in [3.8, 4) is 0 Å². The molecule has 8 nitrogen and oxygen atoms in total. The molecule has 0 rings (SSSR count). The maximum atomic E-state index is 12.7. The molecule has 0 aliphatic rings. The fourth-order valence-electron chi connectivity index (χ4n) is 7.83. The number of rotatable bonds is 61. The van der Waals surface area contributed by atoms with Crippen molar-refractivity contribution >= 4 is 112 Å². The molecular weight excluding hydrogens is 1070 g/mol. The summed E-state index contributed by atoms with van der Waals surface area (Å²) in [5.41, 5.74) is 0. The first-order valence-electron chi connectivity index (χ1n) is 29.0. The van der Waals surface area contributed by atoms with Crippen LogP contribution in [-0.2, 0) is 28.6 Å². The summed E-state index contributed by atoms with van der Waals surface area (Å²) < 4.78 is 16.7. The molecule has 17 heteroatoms. The van der Waals surface area contributed by atoms with Gasteiger partial charge in [-0.05, 0) is 75.3 Å². The standard InChI is InChI=1S/C55H108N2O6S9/c1-5-8-11-14-17-20-23-26-29-32-47-64-70-67-50-44-61-53(58)36-41-56(4)39-35-40-57(42-37-54(59)62-45-51-68-71-65-48-33-30-27-24-21-18-15-12-9-6-2)43-38-55(60)63-46-52-69-72-66-49-34-31-28-25-22-19-16-13-10-7-3/h5-52H2,1-4H3. The van der Waals surface area contributed by atoms with Gasteiger partial charge in [0.05, 0.1) is 19.3 Å². The lowest BCUT2D eigenvalue weighted by Crippen LogP contribution is -2.33. The summed E-state index contributed by atoms with van der Waals surface area (Å²) in [6.45, 7) is 11.4. The molecule has 0 amide bonds. The van der Waals surface area contributed by atoms with E-state index in [1.54, 1.807) is 32.4 Å². The summed E-state index contributed by atoms with van der Waals surface area (Å²) in [5.74, 6) is 5.37. The van der Waals surface area contributed by atoms with Gasteiger partial charge in [-0.2, -0.15) is 0 Å². The van der Waals surface area contributed by atoms with Crippen molar-refractivity contribution in [2.45, 2.75) is 239 Å². The van der Waals surface area contributed by atoms with Crippen LogP contribution < -0.4 is 0 Å². The smallest absolute Gasteiger partial charge is 0.307 e. The largest absolute Gasteiger partial charge is 0.465 e. The Balaban J connectivity index is 4.34. The van der Waals surface area contributed by atoms with Gasteiger partial charge in [0.15, 0.2) is 0 Å². The number of hydrogen-bond donors (Lipinski definition) is 0. The molecule has 0 atom stereocenters. The van der Waals surface area contributed by atoms with E-state index in [1.807, 2.05) is 68.9 Å². The Morgan fingerprint density at radius 1 is 0.306 bits per heavy atom. The van der Waals surface area contributed by atoms with Crippen LogP contribution in [0.15, 0.2) is 0 Å². The van der Waals surface area contributed by atoms with E-state index in [4.69, 9.17) is 14.2 Å². The third-order valence-electron chi connectivity index (χ3n) is 12.3. The van der Waals surface area contributed by atoms with E-state index >= 15 is 0 Å². The zero-order chi connectivity index (χ0) is 52.3. The van der Waals surface area contributed by atoms with E-state index in [0.717, 1.165) is 36.8 Å². The second-order valence-electron chi connectivity index (χ2n) is 19.1. The Bertz CT molecular complexity index is 1090. The van der Waals surface area contributed by atoms with Crippen molar-refractivity contribution in [3.05, 3.63) is 0 Å². The van der Waals surface area contributed by atoms with E-state index in [-0.39, 0.29) is 17.9 Å². The molecule has 0 bridgehead atoms. The van der Waals surface area contributed by atoms with Crippen LogP contribution in [0.5, 0.6) is 0 Å². The molecule has 0 spiro atoms. The van der Waals surface area contributed by atoms with E-state index < -0.39 is 0 Å². The minimum Gasteiger partial charge on any atom is -0.465 e. The third kappa shape index (κ3) is 60.7. The van der Waals surface area contributed by atoms with Gasteiger partial charge in [0, 0.05) is 54.2 Å². The fraction of sp³-hybridized carbons (Fsp3) is 0.945. The zero-order valence-electron chi connectivity index (χ0n) is 46.5. The van der Waals surface area contributed by atoms with Crippen LogP contribution in [0.2, 0.25) is 0 Å². The highest BCUT2D eigenvalue weighted by Gasteiger charge is 2.14. The number of unbranched alkanes of at least 4 members (excludes halogenated alkanes) is 27. The third-order valence-corrected chi connectivity index (χ3v) is 25.2. The van der Waals surface area contributed by atoms with Gasteiger partial charge in [0.25, 0.3) is 0 Å². The SMILES string of the molecule is CCCCCCCCCCCCSSSCCOC(=O)CCN(C)CCCN(CCC(=O)OCCSSSCCCCCCCCCCCC)CCC(=O)OCCSSSCCCCCCCCCCCC. The van der Waals surface area contributed by atoms with Crippen molar-refractivity contribution in [2.75, 3.05) is 94.1 Å². The number of carbonyl (C=O) groups is 3. The van der Waals surface area contributed by atoms with Crippen LogP contribution in [0.3, 0.4) is 0 Å². The van der Waals surface area contributed by atoms with Gasteiger partial charge in [-0.15, -0.1) is 0 Å². The molecule has 0 unspecified atom stereocenters. The molecule has 428 valence electrons. The van der Waals surface area contributed by atoms with Crippen LogP contribution >= 0.6 is 94.2 Å². The Kier molecular flexibility index (Phi) is 64.6. The molecule has 0 saturated heterocycles. The van der Waals surface area contributed by atoms with Crippen LogP contribution in [0.25, 0.3) is 0 Å². The minimum atomic E-state index is -0.192. The fourth-order valence-corrected chi connectivity index (χ4v) is 18.9. The quantitative estimate of drug-likeness (QED) is 0.0250. The number of nitrogens with zero attached hydrogens (tertiary/aromatic N) is 2. The summed E-state index contributed by atoms with van der Waals surface area (Å²) in [4.78, 5) is 42.3. The highest BCUT2D eigenvalue weighted by Crippen LogP contribution is 2.36. The van der Waals surface area contributed by atoms with Crippen molar-refractivity contribution in [1.82, 2.24) is 9.80 Å². The molecule has 0 fully saturated rings. The second kappa shape index (κ2) is 63.3. The number of esters is 3. The van der Waals surface area contributed by atoms with Crippen LogP contribution in [0.1, 0.15) is 239 Å². The first-order chi connectivity index (χ1) is 35.4. The summed E-state index contributed by atoms with van der Waals surface area (Å²) in [5, 5.41) is 0. The summed E-state index contributed by atoms with van der Waals surface area (Å²) in [6.07, 6.45) is 42.8. The Morgan fingerprint density at radius 3 is 0.875 bits per heavy atom. The molecule has 0 saturated carbocycles. The van der Waals surface area contributed by atoms with E-state index in [1.165, 1.54) is 210 Å². The number of hydrogen-bond acceptors (Lipinski definition) is 17. The van der Waals surface area contributed by atoms with Gasteiger partial charge in [-0.1, -0.05) is 259 Å². The predicted octanol–water partition coefficient (Wildman–Crippen LogP) is 19.3. The molecule has 72 heavy (non-hydrogen) atoms. The van der Waals surface area contributed by atoms with E-state index in [0.29, 0.717) is 58.7 Å². The molecule has 0 aromatic heterocycles. The lowest BCUT2D eigenvalue weighted by Gasteiger charge is -2.23. The highest BCUT2D eigenvalue weighted by atomic mass is 33.5. The first-order valence-corrected chi connectivity index (χ1v) is 40.5. The molecule has 0 radical (unpaired) electrons. The number of ether oxygens (including phenoxy) is 3. The maximum Gasteiger partial charge on any atom is 0.307 e. The normalized spacial score (nSPS) is 11.6. The van der Waals surface area contributed by atoms with Crippen LogP contribution in [0, 0.1) is 0 Å². The van der Waals surface area contributed by atoms with E-state index in [9.17, 15) is 14.4 Å². The second-order valence-corrected chi connectivity index (χ2v) is 32.5. The van der Waals surface area contributed by atoms with Gasteiger partial charge in [-0.25, -0.2) is 0 Å². The number of carbonyl (C=O) groups excluding carboxylic acids is 3. The van der Waals surface area contributed by atoms with Gasteiger partial charge in [0.2, 0.25) is 0 Å². The molecular formula is C55H108N2O6S9. The van der Waals surface area contributed by atoms with Crippen molar-refractivity contribution < 1.29 is 28.6 Å². The Labute approximate surface area is 479 Å². The predicted molar refractivity (Wildman–Crippen MR) is 338 cm³/mol. The molecule has 0 aliphatic carbocycles. The van der Waals surface area contributed by atoms with Crippen LogP contribution in [0.4, 0.5) is 0 Å². The molecule has 0 aromatic rings. The lowest BCUT2D eigenvalue weighted by molar-refractivity contribution is -0.144. The van der Waals surface area contributed by atoms with Crippen molar-refractivity contribution in [2.24, 2.45) is 0 Å². The summed E-state index contributed by atoms with van der Waals surface area (Å²) in [6, 6.07) is 0. The molecule has 0 aliphatic heterocycles. The topological polar surface area (TPSA) is 85.4 Å². The average molecular weight is 1180 g/mol. The molecule has 0 N–H and O–H groups in total. The Morgan fingerprint density at radius 2 is 0.569 bits per heavy atom. The van der Waals surface area contributed by atoms with E-state index in [2.05, 4.69) is 30.6 Å². The zero-order valence-corrected chi connectivity index (χ0v) is 53.8. The lowest BCUT2D eigenvalue weighted by atomic mass is 10.1. The molecule has 0 heterocycles. The minimum absolute atomic E-state index is 0.149. The van der Waals surface area contributed by atoms with Gasteiger partial charge in [-0.3, -0.25) is 14.4 Å². The summed E-state index contributed by atoms with van der Waals surface area (Å²) >= 11 is 0. The molecule has 0 aromatic carbocycles. The van der Waals surface area contributed by atoms with Gasteiger partial charge < -0.3 is 24.0 Å². The van der Waals surface area contributed by atoms with Gasteiger partial charge >= 0.3 is 17.9 Å². The van der Waals surface area contributed by atoms with Crippen molar-refractivity contribution in [1.29, 1.82) is 0 Å². The average Bonchev–Trinajstić information content (AvgIpc) is 3.38. The highest BCUT2D eigenvalue weighted by molar-refractivity contribution is 9.10.